The maximum Gasteiger partial charge on any atom is 0.0628 e. The second-order valence-corrected chi connectivity index (χ2v) is 7.09. The van der Waals surface area contributed by atoms with Crippen molar-refractivity contribution in [2.45, 2.75) is 76.4 Å². The molecule has 2 rings (SSSR count). The Morgan fingerprint density at radius 3 is 2.26 bits per heavy atom. The summed E-state index contributed by atoms with van der Waals surface area (Å²) in [7, 11) is 2.25. The molecule has 2 saturated carbocycles. The molecule has 2 aliphatic carbocycles. The summed E-state index contributed by atoms with van der Waals surface area (Å²) in [5.41, 5.74) is -0.0691. The number of likely N-dealkylation sites (N-methyl/N-ethyl adjacent to an activating group) is 1. The molecule has 0 aromatic carbocycles. The van der Waals surface area contributed by atoms with Crippen molar-refractivity contribution in [2.24, 2.45) is 5.92 Å². The summed E-state index contributed by atoms with van der Waals surface area (Å²) < 4.78 is 0. The van der Waals surface area contributed by atoms with Crippen LogP contribution in [0.5, 0.6) is 0 Å². The maximum absolute atomic E-state index is 9.99. The third-order valence-electron chi connectivity index (χ3n) is 4.95. The fourth-order valence-electron chi connectivity index (χ4n) is 3.82. The van der Waals surface area contributed by atoms with Gasteiger partial charge in [0.2, 0.25) is 0 Å². The summed E-state index contributed by atoms with van der Waals surface area (Å²) in [6, 6.07) is 1.17. The van der Waals surface area contributed by atoms with Crippen LogP contribution in [0.3, 0.4) is 0 Å². The van der Waals surface area contributed by atoms with Crippen molar-refractivity contribution < 1.29 is 5.11 Å². The molecule has 0 aromatic heterocycles. The van der Waals surface area contributed by atoms with Gasteiger partial charge in [-0.2, -0.15) is 0 Å². The van der Waals surface area contributed by atoms with E-state index in [1.807, 2.05) is 0 Å². The Morgan fingerprint density at radius 1 is 1.16 bits per heavy atom. The highest BCUT2D eigenvalue weighted by atomic mass is 16.3. The van der Waals surface area contributed by atoms with Crippen LogP contribution in [0, 0.1) is 5.92 Å². The minimum absolute atomic E-state index is 0.0691. The highest BCUT2D eigenvalue weighted by Gasteiger charge is 2.46. The summed E-state index contributed by atoms with van der Waals surface area (Å²) in [4.78, 5) is 2.52. The van der Waals surface area contributed by atoms with E-state index in [0.29, 0.717) is 12.0 Å². The molecule has 19 heavy (non-hydrogen) atoms. The van der Waals surface area contributed by atoms with Crippen LogP contribution in [0.4, 0.5) is 0 Å². The molecule has 3 nitrogen and oxygen atoms in total. The van der Waals surface area contributed by atoms with Gasteiger partial charge in [0.1, 0.15) is 0 Å². The lowest BCUT2D eigenvalue weighted by molar-refractivity contribution is 0.0683. The Bertz CT molecular complexity index is 272. The van der Waals surface area contributed by atoms with E-state index in [0.717, 1.165) is 12.6 Å². The summed E-state index contributed by atoms with van der Waals surface area (Å²) in [5.74, 6) is 0.672. The monoisotopic (exact) mass is 268 g/mol. The van der Waals surface area contributed by atoms with Gasteiger partial charge < -0.3 is 15.3 Å². The van der Waals surface area contributed by atoms with E-state index < -0.39 is 0 Å². The number of hydrogen-bond acceptors (Lipinski definition) is 3. The Labute approximate surface area is 118 Å². The fourth-order valence-corrected chi connectivity index (χ4v) is 3.82. The van der Waals surface area contributed by atoms with Gasteiger partial charge in [-0.1, -0.05) is 33.1 Å². The first-order chi connectivity index (χ1) is 9.07. The van der Waals surface area contributed by atoms with Gasteiger partial charge in [-0.15, -0.1) is 0 Å². The van der Waals surface area contributed by atoms with Crippen molar-refractivity contribution in [1.29, 1.82) is 0 Å². The molecule has 2 fully saturated rings. The lowest BCUT2D eigenvalue weighted by atomic mass is 9.89. The van der Waals surface area contributed by atoms with Crippen molar-refractivity contribution in [3.05, 3.63) is 0 Å². The zero-order valence-corrected chi connectivity index (χ0v) is 13.0. The Kier molecular flexibility index (Phi) is 5.27. The molecule has 1 atom stereocenters. The molecule has 1 unspecified atom stereocenters. The van der Waals surface area contributed by atoms with Crippen molar-refractivity contribution in [2.75, 3.05) is 20.2 Å². The topological polar surface area (TPSA) is 35.5 Å². The number of rotatable bonds is 7. The average molecular weight is 268 g/mol. The smallest absolute Gasteiger partial charge is 0.0628 e. The molecule has 2 N–H and O–H groups in total. The third kappa shape index (κ3) is 3.93. The fraction of sp³-hybridized carbons (Fsp3) is 1.00. The predicted molar refractivity (Wildman–Crippen MR) is 80.3 cm³/mol. The van der Waals surface area contributed by atoms with Crippen LogP contribution in [-0.4, -0.2) is 47.8 Å². The van der Waals surface area contributed by atoms with E-state index in [-0.39, 0.29) is 12.1 Å². The minimum Gasteiger partial charge on any atom is -0.394 e. The van der Waals surface area contributed by atoms with Gasteiger partial charge in [0.25, 0.3) is 0 Å². The largest absolute Gasteiger partial charge is 0.394 e. The third-order valence-corrected chi connectivity index (χ3v) is 4.95. The number of nitrogens with one attached hydrogen (secondary N) is 1. The maximum atomic E-state index is 9.99. The first kappa shape index (κ1) is 15.3. The highest BCUT2D eigenvalue weighted by molar-refractivity contribution is 5.03. The van der Waals surface area contributed by atoms with Crippen LogP contribution in [0.25, 0.3) is 0 Å². The lowest BCUT2D eigenvalue weighted by Gasteiger charge is -2.42. The Balaban J connectivity index is 1.97. The van der Waals surface area contributed by atoms with E-state index in [9.17, 15) is 5.11 Å². The van der Waals surface area contributed by atoms with E-state index in [4.69, 9.17) is 0 Å². The van der Waals surface area contributed by atoms with Crippen LogP contribution >= 0.6 is 0 Å². The molecule has 0 spiro atoms. The molecule has 0 aromatic rings. The molecular weight excluding hydrogens is 236 g/mol. The first-order valence-corrected chi connectivity index (χ1v) is 8.16. The van der Waals surface area contributed by atoms with Gasteiger partial charge >= 0.3 is 0 Å². The van der Waals surface area contributed by atoms with Crippen LogP contribution in [0.1, 0.15) is 58.8 Å². The van der Waals surface area contributed by atoms with Crippen LogP contribution < -0.4 is 5.32 Å². The Morgan fingerprint density at radius 2 is 1.79 bits per heavy atom. The molecule has 3 heteroatoms. The molecule has 0 bridgehead atoms. The van der Waals surface area contributed by atoms with Crippen molar-refractivity contribution in [1.82, 2.24) is 10.2 Å². The average Bonchev–Trinajstić information content (AvgIpc) is 3.23. The van der Waals surface area contributed by atoms with Crippen LogP contribution in [0.15, 0.2) is 0 Å². The molecular formula is C16H32N2O. The Hall–Kier alpha value is -0.120. The van der Waals surface area contributed by atoms with Crippen molar-refractivity contribution in [3.63, 3.8) is 0 Å². The molecule has 0 saturated heterocycles. The number of nitrogens with zero attached hydrogens (tertiary/aromatic N) is 1. The van der Waals surface area contributed by atoms with Crippen LogP contribution in [0.2, 0.25) is 0 Å². The molecule has 0 radical (unpaired) electrons. The lowest BCUT2D eigenvalue weighted by Crippen LogP contribution is -2.60. The van der Waals surface area contributed by atoms with Gasteiger partial charge in [-0.3, -0.25) is 0 Å². The van der Waals surface area contributed by atoms with Crippen molar-refractivity contribution >= 4 is 0 Å². The first-order valence-electron chi connectivity index (χ1n) is 8.16. The summed E-state index contributed by atoms with van der Waals surface area (Å²) in [5, 5.41) is 13.7. The minimum atomic E-state index is -0.0691. The standard InChI is InChI=1S/C16H32N2O/c1-13(2)17-16(12-19,14-9-10-14)11-18(3)15-7-5-4-6-8-15/h13-15,17,19H,4-12H2,1-3H3. The second kappa shape index (κ2) is 6.55. The summed E-state index contributed by atoms with van der Waals surface area (Å²) in [6.07, 6.45) is 9.39. The van der Waals surface area contributed by atoms with Gasteiger partial charge in [0.05, 0.1) is 12.1 Å². The normalized spacial score (nSPS) is 24.9. The van der Waals surface area contributed by atoms with E-state index in [1.165, 1.54) is 44.9 Å². The quantitative estimate of drug-likeness (QED) is 0.744. The molecule has 0 heterocycles. The highest BCUT2D eigenvalue weighted by Crippen LogP contribution is 2.40. The predicted octanol–water partition coefficient (Wildman–Crippen LogP) is 2.39. The SMILES string of the molecule is CC(C)NC(CO)(CN(C)C1CCCCC1)C1CC1. The van der Waals surface area contributed by atoms with Gasteiger partial charge in [0, 0.05) is 18.6 Å². The molecule has 2 aliphatic rings. The van der Waals surface area contributed by atoms with Crippen LogP contribution in [-0.2, 0) is 0 Å². The molecule has 0 amide bonds. The van der Waals surface area contributed by atoms with E-state index in [1.54, 1.807) is 0 Å². The van der Waals surface area contributed by atoms with E-state index >= 15 is 0 Å². The van der Waals surface area contributed by atoms with E-state index in [2.05, 4.69) is 31.1 Å². The van der Waals surface area contributed by atoms with Crippen molar-refractivity contribution in [3.8, 4) is 0 Å². The summed E-state index contributed by atoms with van der Waals surface area (Å²) in [6.45, 7) is 5.64. The summed E-state index contributed by atoms with van der Waals surface area (Å²) >= 11 is 0. The zero-order chi connectivity index (χ0) is 13.9. The zero-order valence-electron chi connectivity index (χ0n) is 13.0. The van der Waals surface area contributed by atoms with Gasteiger partial charge in [-0.25, -0.2) is 0 Å². The molecule has 112 valence electrons. The van der Waals surface area contributed by atoms with Gasteiger partial charge in [-0.05, 0) is 38.6 Å². The van der Waals surface area contributed by atoms with Gasteiger partial charge in [0.15, 0.2) is 0 Å². The number of aliphatic hydroxyl groups excluding tert-OH is 1. The number of hydrogen-bond donors (Lipinski definition) is 2. The second-order valence-electron chi connectivity index (χ2n) is 7.09. The number of aliphatic hydroxyl groups is 1. The molecule has 0 aliphatic heterocycles.